The molecule has 0 unspecified atom stereocenters. The number of methoxy groups -OCH3 is 1. The van der Waals surface area contributed by atoms with Crippen LogP contribution >= 0.6 is 11.8 Å². The highest BCUT2D eigenvalue weighted by molar-refractivity contribution is 7.99. The number of H-pyrrole nitrogens is 1. The number of likely N-dealkylation sites (N-methyl/N-ethyl adjacent to an activating group) is 1. The molecular weight excluding hydrogens is 412 g/mol. The number of fused-ring (bicyclic) bond motifs is 1. The van der Waals surface area contributed by atoms with E-state index in [1.54, 1.807) is 20.4 Å². The Morgan fingerprint density at radius 1 is 1.30 bits per heavy atom. The third-order valence-corrected chi connectivity index (χ3v) is 4.91. The molecular formula is C19H30N4O6S. The molecule has 0 aromatic carbocycles. The van der Waals surface area contributed by atoms with Crippen molar-refractivity contribution in [3.63, 3.8) is 0 Å². The Hall–Kier alpha value is -2.08. The van der Waals surface area contributed by atoms with E-state index < -0.39 is 6.09 Å². The first-order valence-electron chi connectivity index (χ1n) is 9.71. The monoisotopic (exact) mass is 442 g/mol. The fraction of sp³-hybridized carbons (Fsp3) is 0.632. The van der Waals surface area contributed by atoms with E-state index in [0.717, 1.165) is 5.52 Å². The Kier molecular flexibility index (Phi) is 10.1. The smallest absolute Gasteiger partial charge is 0.410 e. The topological polar surface area (TPSA) is 108 Å². The molecule has 1 amide bonds. The zero-order chi connectivity index (χ0) is 21.9. The molecule has 0 atom stereocenters. The molecule has 0 saturated heterocycles. The molecule has 10 nitrogen and oxygen atoms in total. The molecule has 0 aliphatic rings. The fourth-order valence-electron chi connectivity index (χ4n) is 2.55. The Morgan fingerprint density at radius 2 is 2.10 bits per heavy atom. The van der Waals surface area contributed by atoms with Gasteiger partial charge in [-0.25, -0.2) is 4.79 Å². The van der Waals surface area contributed by atoms with Gasteiger partial charge in [-0.3, -0.25) is 4.79 Å². The van der Waals surface area contributed by atoms with Crippen LogP contribution in [-0.4, -0.2) is 84.7 Å². The summed E-state index contributed by atoms with van der Waals surface area (Å²) in [5.41, 5.74) is 0.825. The van der Waals surface area contributed by atoms with Crippen LogP contribution in [0.1, 0.15) is 13.8 Å². The maximum absolute atomic E-state index is 12.3. The van der Waals surface area contributed by atoms with E-state index in [0.29, 0.717) is 50.2 Å². The van der Waals surface area contributed by atoms with Crippen molar-refractivity contribution in [1.82, 2.24) is 19.4 Å². The maximum atomic E-state index is 12.3. The van der Waals surface area contributed by atoms with Crippen molar-refractivity contribution in [3.05, 3.63) is 22.6 Å². The zero-order valence-corrected chi connectivity index (χ0v) is 18.7. The minimum atomic E-state index is -0.474. The third kappa shape index (κ3) is 7.31. The van der Waals surface area contributed by atoms with Crippen LogP contribution in [0.25, 0.3) is 11.0 Å². The first-order chi connectivity index (χ1) is 14.4. The van der Waals surface area contributed by atoms with Crippen LogP contribution in [0.5, 0.6) is 0 Å². The number of hydrogen-bond acceptors (Lipinski definition) is 8. The summed E-state index contributed by atoms with van der Waals surface area (Å²) in [6.07, 6.45) is 1.33. The largest absolute Gasteiger partial charge is 0.438 e. The van der Waals surface area contributed by atoms with Crippen molar-refractivity contribution >= 4 is 28.9 Å². The normalized spacial score (nSPS) is 11.4. The number of aromatic amines is 1. The summed E-state index contributed by atoms with van der Waals surface area (Å²) in [6.45, 7) is 6.69. The lowest BCUT2D eigenvalue weighted by Gasteiger charge is -2.18. The lowest BCUT2D eigenvalue weighted by atomic mass is 10.4. The van der Waals surface area contributed by atoms with Crippen molar-refractivity contribution in [1.29, 1.82) is 0 Å². The van der Waals surface area contributed by atoms with Gasteiger partial charge in [0.1, 0.15) is 11.5 Å². The van der Waals surface area contributed by atoms with E-state index in [2.05, 4.69) is 9.97 Å². The second-order valence-electron chi connectivity index (χ2n) is 6.71. The number of nitrogens with zero attached hydrogens (tertiary/aromatic N) is 3. The average molecular weight is 443 g/mol. The Morgan fingerprint density at radius 3 is 2.83 bits per heavy atom. The number of nitrogens with one attached hydrogen (secondary N) is 1. The highest BCUT2D eigenvalue weighted by Crippen LogP contribution is 2.20. The number of hydrogen-bond donors (Lipinski definition) is 1. The van der Waals surface area contributed by atoms with E-state index in [1.807, 2.05) is 24.5 Å². The van der Waals surface area contributed by atoms with Crippen LogP contribution in [-0.2, 0) is 25.5 Å². The second-order valence-corrected chi connectivity index (χ2v) is 7.60. The SMILES string of the molecule is COCCOCCN(C)C(=O)OCSc1nc(=O)c2[nH]ccc2n1CCOC(C)C. The molecule has 0 fully saturated rings. The summed E-state index contributed by atoms with van der Waals surface area (Å²) in [5, 5.41) is 0.470. The number of thioether (sulfide) groups is 1. The van der Waals surface area contributed by atoms with Gasteiger partial charge in [-0.15, -0.1) is 0 Å². The molecule has 30 heavy (non-hydrogen) atoms. The van der Waals surface area contributed by atoms with Gasteiger partial charge in [0.15, 0.2) is 5.16 Å². The standard InChI is InChI=1S/C19H30N4O6S/c1-14(2)28-10-8-23-15-5-6-20-16(15)17(24)21-18(23)30-13-29-19(25)22(3)7-9-27-12-11-26-4/h5-6,14,20H,7-13H2,1-4H3. The van der Waals surface area contributed by atoms with E-state index in [-0.39, 0.29) is 17.6 Å². The number of carbonyl (C=O) groups excluding carboxylic acids is 1. The molecule has 2 aromatic heterocycles. The van der Waals surface area contributed by atoms with Crippen molar-refractivity contribution in [2.45, 2.75) is 31.7 Å². The van der Waals surface area contributed by atoms with Crippen molar-refractivity contribution in [2.75, 3.05) is 53.1 Å². The summed E-state index contributed by atoms with van der Waals surface area (Å²) in [7, 11) is 3.24. The first kappa shape index (κ1) is 24.2. The molecule has 0 bridgehead atoms. The summed E-state index contributed by atoms with van der Waals surface area (Å²) in [5.74, 6) is 0.0289. The highest BCUT2D eigenvalue weighted by atomic mass is 32.2. The first-order valence-corrected chi connectivity index (χ1v) is 10.7. The summed E-state index contributed by atoms with van der Waals surface area (Å²) < 4.78 is 23.1. The van der Waals surface area contributed by atoms with Crippen molar-refractivity contribution < 1.29 is 23.7 Å². The van der Waals surface area contributed by atoms with Crippen LogP contribution in [0.4, 0.5) is 4.79 Å². The lowest BCUT2D eigenvalue weighted by Crippen LogP contribution is -2.31. The Balaban J connectivity index is 1.93. The van der Waals surface area contributed by atoms with Gasteiger partial charge in [-0.05, 0) is 31.7 Å². The van der Waals surface area contributed by atoms with Crippen LogP contribution in [0.2, 0.25) is 0 Å². The van der Waals surface area contributed by atoms with Gasteiger partial charge in [-0.1, -0.05) is 0 Å². The van der Waals surface area contributed by atoms with Crippen molar-refractivity contribution in [3.8, 4) is 0 Å². The van der Waals surface area contributed by atoms with Crippen molar-refractivity contribution in [2.24, 2.45) is 0 Å². The zero-order valence-electron chi connectivity index (χ0n) is 17.9. The number of carbonyl (C=O) groups is 1. The minimum absolute atomic E-state index is 0.0289. The predicted octanol–water partition coefficient (Wildman–Crippen LogP) is 1.93. The molecule has 0 radical (unpaired) electrons. The number of aromatic nitrogens is 3. The molecule has 2 heterocycles. The van der Waals surface area contributed by atoms with Crippen LogP contribution in [0.3, 0.4) is 0 Å². The second kappa shape index (κ2) is 12.6. The Labute approximate surface area is 179 Å². The summed E-state index contributed by atoms with van der Waals surface area (Å²) in [6, 6.07) is 1.82. The van der Waals surface area contributed by atoms with Gasteiger partial charge < -0.3 is 33.4 Å². The summed E-state index contributed by atoms with van der Waals surface area (Å²) >= 11 is 1.18. The van der Waals surface area contributed by atoms with Crippen LogP contribution < -0.4 is 5.56 Å². The predicted molar refractivity (Wildman–Crippen MR) is 114 cm³/mol. The third-order valence-electron chi connectivity index (χ3n) is 4.11. The fourth-order valence-corrected chi connectivity index (χ4v) is 3.31. The van der Waals surface area contributed by atoms with E-state index in [4.69, 9.17) is 18.9 Å². The highest BCUT2D eigenvalue weighted by Gasteiger charge is 2.15. The van der Waals surface area contributed by atoms with E-state index in [9.17, 15) is 9.59 Å². The summed E-state index contributed by atoms with van der Waals surface area (Å²) in [4.78, 5) is 32.9. The molecule has 0 aliphatic carbocycles. The van der Waals surface area contributed by atoms with Crippen LogP contribution in [0, 0.1) is 0 Å². The van der Waals surface area contributed by atoms with Crippen LogP contribution in [0.15, 0.2) is 22.2 Å². The quantitative estimate of drug-likeness (QED) is 0.217. The average Bonchev–Trinajstić information content (AvgIpc) is 3.20. The lowest BCUT2D eigenvalue weighted by molar-refractivity contribution is 0.0572. The molecule has 11 heteroatoms. The molecule has 0 saturated carbocycles. The van der Waals surface area contributed by atoms with Gasteiger partial charge in [0, 0.05) is 33.4 Å². The molecule has 0 spiro atoms. The minimum Gasteiger partial charge on any atom is -0.438 e. The number of rotatable bonds is 13. The van der Waals surface area contributed by atoms with Gasteiger partial charge >= 0.3 is 6.09 Å². The Bertz CT molecular complexity index is 853. The van der Waals surface area contributed by atoms with E-state index >= 15 is 0 Å². The molecule has 1 N–H and O–H groups in total. The van der Waals surface area contributed by atoms with Gasteiger partial charge in [0.05, 0.1) is 38.0 Å². The molecule has 2 aromatic rings. The van der Waals surface area contributed by atoms with Gasteiger partial charge in [-0.2, -0.15) is 4.98 Å². The van der Waals surface area contributed by atoms with Gasteiger partial charge in [0.25, 0.3) is 5.56 Å². The molecule has 2 rings (SSSR count). The maximum Gasteiger partial charge on any atom is 0.410 e. The van der Waals surface area contributed by atoms with E-state index in [1.165, 1.54) is 16.7 Å². The number of ether oxygens (including phenoxy) is 4. The molecule has 168 valence electrons. The number of amides is 1. The van der Waals surface area contributed by atoms with Gasteiger partial charge in [0.2, 0.25) is 0 Å². The molecule has 0 aliphatic heterocycles.